The van der Waals surface area contributed by atoms with Gasteiger partial charge in [0.15, 0.2) is 0 Å². The number of ketones is 2. The lowest BCUT2D eigenvalue weighted by Crippen LogP contribution is -2.41. The number of carbonyl (C=O) groups excluding carboxylic acids is 3. The minimum absolute atomic E-state index is 0.0436. The lowest BCUT2D eigenvalue weighted by atomic mass is 9.74. The van der Waals surface area contributed by atoms with E-state index in [1.165, 1.54) is 12.8 Å². The highest BCUT2D eigenvalue weighted by Crippen LogP contribution is 2.35. The highest BCUT2D eigenvalue weighted by atomic mass is 16.7. The molecule has 4 rings (SSSR count). The third-order valence-electron chi connectivity index (χ3n) is 9.60. The van der Waals surface area contributed by atoms with Gasteiger partial charge in [-0.3, -0.25) is 9.59 Å². The molecule has 0 aliphatic heterocycles. The molecule has 0 bridgehead atoms. The van der Waals surface area contributed by atoms with Crippen LogP contribution in [0.2, 0.25) is 0 Å². The summed E-state index contributed by atoms with van der Waals surface area (Å²) < 4.78 is 21.7. The number of hydrogen-bond donors (Lipinski definition) is 2. The van der Waals surface area contributed by atoms with Gasteiger partial charge in [0.05, 0.1) is 37.6 Å². The van der Waals surface area contributed by atoms with Crippen LogP contribution in [0.4, 0.5) is 4.79 Å². The van der Waals surface area contributed by atoms with Crippen molar-refractivity contribution in [1.29, 1.82) is 0 Å². The summed E-state index contributed by atoms with van der Waals surface area (Å²) in [5, 5.41) is 21.1. The van der Waals surface area contributed by atoms with Gasteiger partial charge in [0.1, 0.15) is 24.8 Å². The van der Waals surface area contributed by atoms with E-state index in [1.807, 2.05) is 0 Å². The molecule has 0 aromatic rings. The third kappa shape index (κ3) is 9.23. The van der Waals surface area contributed by atoms with Gasteiger partial charge >= 0.3 is 6.16 Å². The summed E-state index contributed by atoms with van der Waals surface area (Å²) >= 11 is 0. The Kier molecular flexibility index (Phi) is 12.7. The first kappa shape index (κ1) is 31.4. The second kappa shape index (κ2) is 16.2. The lowest BCUT2D eigenvalue weighted by Gasteiger charge is -2.34. The van der Waals surface area contributed by atoms with Crippen LogP contribution in [0.3, 0.4) is 0 Å². The van der Waals surface area contributed by atoms with Crippen LogP contribution >= 0.6 is 0 Å². The summed E-state index contributed by atoms with van der Waals surface area (Å²) in [4.78, 5) is 37.5. The van der Waals surface area contributed by atoms with Gasteiger partial charge in [-0.25, -0.2) is 4.79 Å². The average Bonchev–Trinajstić information content (AvgIpc) is 2.98. The Bertz CT molecular complexity index is 741. The molecular weight excluding hydrogens is 516 g/mol. The number of Topliss-reactive ketones (excluding diaryl/α,β-unsaturated/α-hetero) is 2. The first-order valence-electron chi connectivity index (χ1n) is 15.9. The van der Waals surface area contributed by atoms with Crippen molar-refractivity contribution in [3.05, 3.63) is 0 Å². The SMILES string of the molecule is O=C(OCCOC1CCC(C(=O)C2CCCCC2)C(O)C1)OCCOC1CCC(C(=O)C2CCCCC2)C(O)C1. The van der Waals surface area contributed by atoms with Crippen LogP contribution in [0.5, 0.6) is 0 Å². The number of aliphatic hydroxyl groups excluding tert-OH is 2. The molecule has 4 saturated carbocycles. The summed E-state index contributed by atoms with van der Waals surface area (Å²) in [5.41, 5.74) is 0. The second-order valence-electron chi connectivity index (χ2n) is 12.4. The van der Waals surface area contributed by atoms with Crippen LogP contribution < -0.4 is 0 Å². The molecule has 228 valence electrons. The molecule has 0 spiro atoms. The van der Waals surface area contributed by atoms with Crippen molar-refractivity contribution >= 4 is 17.7 Å². The van der Waals surface area contributed by atoms with E-state index in [0.717, 1.165) is 51.4 Å². The monoisotopic (exact) mass is 566 g/mol. The topological polar surface area (TPSA) is 129 Å². The minimum atomic E-state index is -0.796. The maximum atomic E-state index is 12.8. The van der Waals surface area contributed by atoms with Crippen molar-refractivity contribution in [1.82, 2.24) is 0 Å². The zero-order chi connectivity index (χ0) is 28.3. The Hall–Kier alpha value is -1.55. The van der Waals surface area contributed by atoms with E-state index in [0.29, 0.717) is 38.5 Å². The summed E-state index contributed by atoms with van der Waals surface area (Å²) in [5.74, 6) is 0.124. The normalized spacial score (nSPS) is 32.4. The second-order valence-corrected chi connectivity index (χ2v) is 12.4. The van der Waals surface area contributed by atoms with Crippen LogP contribution in [0.25, 0.3) is 0 Å². The van der Waals surface area contributed by atoms with E-state index in [4.69, 9.17) is 18.9 Å². The zero-order valence-corrected chi connectivity index (χ0v) is 24.0. The number of ether oxygens (including phenoxy) is 4. The summed E-state index contributed by atoms with van der Waals surface area (Å²) in [7, 11) is 0. The molecule has 9 heteroatoms. The molecule has 0 heterocycles. The number of hydrogen-bond acceptors (Lipinski definition) is 9. The van der Waals surface area contributed by atoms with Gasteiger partial charge in [0.2, 0.25) is 0 Å². The maximum Gasteiger partial charge on any atom is 0.508 e. The predicted octanol–water partition coefficient (Wildman–Crippen LogP) is 4.53. The van der Waals surface area contributed by atoms with E-state index in [1.54, 1.807) is 0 Å². The van der Waals surface area contributed by atoms with Crippen LogP contribution in [-0.4, -0.2) is 78.8 Å². The summed E-state index contributed by atoms with van der Waals surface area (Å²) in [6, 6.07) is 0. The molecule has 9 nitrogen and oxygen atoms in total. The van der Waals surface area contributed by atoms with Crippen LogP contribution in [0.15, 0.2) is 0 Å². The minimum Gasteiger partial charge on any atom is -0.432 e. The van der Waals surface area contributed by atoms with E-state index in [9.17, 15) is 24.6 Å². The molecule has 4 aliphatic carbocycles. The third-order valence-corrected chi connectivity index (χ3v) is 9.60. The van der Waals surface area contributed by atoms with Gasteiger partial charge in [-0.1, -0.05) is 38.5 Å². The van der Waals surface area contributed by atoms with Crippen LogP contribution in [-0.2, 0) is 28.5 Å². The van der Waals surface area contributed by atoms with Crippen molar-refractivity contribution in [2.75, 3.05) is 26.4 Å². The fourth-order valence-corrected chi connectivity index (χ4v) is 7.29. The van der Waals surface area contributed by atoms with Gasteiger partial charge in [0.25, 0.3) is 0 Å². The number of aliphatic hydroxyl groups is 2. The fourth-order valence-electron chi connectivity index (χ4n) is 7.29. The molecule has 4 aliphatic rings. The Labute approximate surface area is 238 Å². The Morgan fingerprint density at radius 1 is 0.525 bits per heavy atom. The molecule has 6 atom stereocenters. The van der Waals surface area contributed by atoms with E-state index in [2.05, 4.69) is 0 Å². The average molecular weight is 567 g/mol. The molecule has 0 aromatic carbocycles. The van der Waals surface area contributed by atoms with Crippen molar-refractivity contribution in [3.63, 3.8) is 0 Å². The largest absolute Gasteiger partial charge is 0.508 e. The van der Waals surface area contributed by atoms with Gasteiger partial charge in [0, 0.05) is 36.5 Å². The highest BCUT2D eigenvalue weighted by Gasteiger charge is 2.38. The van der Waals surface area contributed by atoms with Crippen molar-refractivity contribution < 1.29 is 43.5 Å². The molecule has 0 saturated heterocycles. The summed E-state index contributed by atoms with van der Waals surface area (Å²) in [6.45, 7) is 0.486. The van der Waals surface area contributed by atoms with Gasteiger partial charge in [-0.05, 0) is 51.4 Å². The Balaban J connectivity index is 1.01. The first-order valence-corrected chi connectivity index (χ1v) is 15.9. The standard InChI is InChI=1S/C31H50O9/c32-27-19-23(11-13-25(27)29(34)21-7-3-1-4-8-21)37-15-17-39-31(36)40-18-16-38-24-12-14-26(28(33)20-24)30(35)22-9-5-2-6-10-22/h21-28,32-33H,1-20H2. The molecule has 40 heavy (non-hydrogen) atoms. The molecule has 6 unspecified atom stereocenters. The number of rotatable bonds is 12. The van der Waals surface area contributed by atoms with Crippen LogP contribution in [0, 0.1) is 23.7 Å². The quantitative estimate of drug-likeness (QED) is 0.259. The fraction of sp³-hybridized carbons (Fsp3) is 0.903. The maximum absolute atomic E-state index is 12.8. The Morgan fingerprint density at radius 3 is 1.30 bits per heavy atom. The van der Waals surface area contributed by atoms with Crippen molar-refractivity contribution in [3.8, 4) is 0 Å². The van der Waals surface area contributed by atoms with Gasteiger partial charge in [-0.15, -0.1) is 0 Å². The highest BCUT2D eigenvalue weighted by molar-refractivity contribution is 5.84. The van der Waals surface area contributed by atoms with Crippen molar-refractivity contribution in [2.24, 2.45) is 23.7 Å². The van der Waals surface area contributed by atoms with Gasteiger partial charge in [-0.2, -0.15) is 0 Å². The molecule has 0 aromatic heterocycles. The number of carbonyl (C=O) groups is 3. The molecule has 0 amide bonds. The van der Waals surface area contributed by atoms with E-state index in [-0.39, 0.29) is 73.9 Å². The zero-order valence-electron chi connectivity index (χ0n) is 24.0. The van der Waals surface area contributed by atoms with Gasteiger partial charge < -0.3 is 29.2 Å². The predicted molar refractivity (Wildman–Crippen MR) is 147 cm³/mol. The van der Waals surface area contributed by atoms with E-state index >= 15 is 0 Å². The smallest absolute Gasteiger partial charge is 0.432 e. The Morgan fingerprint density at radius 2 is 0.925 bits per heavy atom. The molecule has 2 N–H and O–H groups in total. The molecule has 0 radical (unpaired) electrons. The van der Waals surface area contributed by atoms with Crippen LogP contribution in [0.1, 0.15) is 103 Å². The molecular formula is C31H50O9. The lowest BCUT2D eigenvalue weighted by molar-refractivity contribution is -0.136. The van der Waals surface area contributed by atoms with E-state index < -0.39 is 18.4 Å². The first-order chi connectivity index (χ1) is 19.4. The summed E-state index contributed by atoms with van der Waals surface area (Å²) in [6.07, 6.45) is 11.8. The van der Waals surface area contributed by atoms with Crippen molar-refractivity contribution in [2.45, 2.75) is 127 Å². The molecule has 4 fully saturated rings.